The number of nitrogens with one attached hydrogen (secondary N) is 1. The van der Waals surface area contributed by atoms with Gasteiger partial charge in [0.05, 0.1) is 11.8 Å². The van der Waals surface area contributed by atoms with Crippen molar-refractivity contribution in [2.75, 3.05) is 18.6 Å². The van der Waals surface area contributed by atoms with Crippen LogP contribution in [0, 0.1) is 5.41 Å². The Morgan fingerprint density at radius 2 is 2.24 bits per heavy atom. The zero-order valence-corrected chi connectivity index (χ0v) is 13.1. The molecule has 1 saturated heterocycles. The summed E-state index contributed by atoms with van der Waals surface area (Å²) in [6.07, 6.45) is 2.92. The topological polar surface area (TPSA) is 41.5 Å². The van der Waals surface area contributed by atoms with Crippen molar-refractivity contribution in [2.24, 2.45) is 10.4 Å². The van der Waals surface area contributed by atoms with Gasteiger partial charge in [-0.1, -0.05) is 32.5 Å². The van der Waals surface area contributed by atoms with Gasteiger partial charge in [0.25, 0.3) is 0 Å². The van der Waals surface area contributed by atoms with Crippen molar-refractivity contribution in [3.63, 3.8) is 0 Å². The lowest BCUT2D eigenvalue weighted by Crippen LogP contribution is -2.46. The number of thioether (sulfide) groups is 1. The van der Waals surface area contributed by atoms with Gasteiger partial charge in [-0.15, -0.1) is 0 Å². The SMILES string of the molecule is CC(CN=C1NC(C(C)(C)C)CCS1)S(C)=O. The zero-order valence-electron chi connectivity index (χ0n) is 11.4. The van der Waals surface area contributed by atoms with Crippen molar-refractivity contribution in [3.8, 4) is 0 Å². The van der Waals surface area contributed by atoms with E-state index >= 15 is 0 Å². The lowest BCUT2D eigenvalue weighted by Gasteiger charge is -2.35. The van der Waals surface area contributed by atoms with Crippen molar-refractivity contribution < 1.29 is 4.21 Å². The Bertz CT molecular complexity index is 310. The molecule has 0 bridgehead atoms. The molecular weight excluding hydrogens is 252 g/mol. The first-order chi connectivity index (χ1) is 7.80. The molecular formula is C12H24N2OS2. The minimum absolute atomic E-state index is 0.139. The molecule has 1 heterocycles. The van der Waals surface area contributed by atoms with E-state index in [4.69, 9.17) is 0 Å². The summed E-state index contributed by atoms with van der Waals surface area (Å²) in [6.45, 7) is 9.39. The van der Waals surface area contributed by atoms with E-state index in [0.717, 1.165) is 10.9 Å². The van der Waals surface area contributed by atoms with E-state index in [0.29, 0.717) is 12.6 Å². The average molecular weight is 276 g/mol. The Kier molecular flexibility index (Phi) is 5.51. The summed E-state index contributed by atoms with van der Waals surface area (Å²) in [5.74, 6) is 1.12. The van der Waals surface area contributed by atoms with Gasteiger partial charge < -0.3 is 5.32 Å². The number of aliphatic imine (C=N–C) groups is 1. The van der Waals surface area contributed by atoms with Gasteiger partial charge in [-0.25, -0.2) is 0 Å². The molecule has 1 aliphatic rings. The number of rotatable bonds is 3. The van der Waals surface area contributed by atoms with Crippen LogP contribution in [0.25, 0.3) is 0 Å². The molecule has 0 aromatic heterocycles. The molecule has 3 nitrogen and oxygen atoms in total. The third-order valence-electron chi connectivity index (χ3n) is 3.05. The molecule has 0 aliphatic carbocycles. The summed E-state index contributed by atoms with van der Waals surface area (Å²) in [5.41, 5.74) is 0.265. The Hall–Kier alpha value is -0.0300. The molecule has 17 heavy (non-hydrogen) atoms. The summed E-state index contributed by atoms with van der Waals surface area (Å²) in [7, 11) is -0.785. The standard InChI is InChI=1S/C12H24N2OS2/c1-9(17(5)15)8-13-11-14-10(6-7-16-11)12(2,3)4/h9-10H,6-8H2,1-5H3,(H,13,14). The Morgan fingerprint density at radius 3 is 2.76 bits per heavy atom. The molecule has 0 radical (unpaired) electrons. The predicted octanol–water partition coefficient (Wildman–Crippen LogP) is 2.25. The molecule has 0 spiro atoms. The fourth-order valence-electron chi connectivity index (χ4n) is 1.59. The molecule has 0 aromatic rings. The van der Waals surface area contributed by atoms with Gasteiger partial charge in [0.15, 0.2) is 5.17 Å². The van der Waals surface area contributed by atoms with Gasteiger partial charge >= 0.3 is 0 Å². The highest BCUT2D eigenvalue weighted by molar-refractivity contribution is 8.13. The summed E-state index contributed by atoms with van der Waals surface area (Å²) in [4.78, 5) is 4.54. The summed E-state index contributed by atoms with van der Waals surface area (Å²) >= 11 is 1.78. The highest BCUT2D eigenvalue weighted by Crippen LogP contribution is 2.27. The smallest absolute Gasteiger partial charge is 0.156 e. The maximum atomic E-state index is 11.3. The number of hydrogen-bond donors (Lipinski definition) is 1. The van der Waals surface area contributed by atoms with Gasteiger partial charge in [0.1, 0.15) is 0 Å². The van der Waals surface area contributed by atoms with Crippen LogP contribution in [0.15, 0.2) is 4.99 Å². The van der Waals surface area contributed by atoms with Crippen LogP contribution < -0.4 is 5.32 Å². The third-order valence-corrected chi connectivity index (χ3v) is 5.29. The maximum absolute atomic E-state index is 11.3. The predicted molar refractivity (Wildman–Crippen MR) is 79.3 cm³/mol. The van der Waals surface area contributed by atoms with Gasteiger partial charge in [-0.2, -0.15) is 0 Å². The highest BCUT2D eigenvalue weighted by Gasteiger charge is 2.28. The third kappa shape index (κ3) is 5.00. The van der Waals surface area contributed by atoms with Crippen LogP contribution in [0.1, 0.15) is 34.1 Å². The molecule has 3 unspecified atom stereocenters. The molecule has 5 heteroatoms. The first kappa shape index (κ1) is 15.0. The Morgan fingerprint density at radius 1 is 1.59 bits per heavy atom. The quantitative estimate of drug-likeness (QED) is 0.859. The zero-order chi connectivity index (χ0) is 13.1. The summed E-state index contributed by atoms with van der Waals surface area (Å²) in [5, 5.41) is 4.66. The van der Waals surface area contributed by atoms with Gasteiger partial charge in [-0.3, -0.25) is 9.20 Å². The van der Waals surface area contributed by atoms with Crippen LogP contribution in [0.4, 0.5) is 0 Å². The van der Waals surface area contributed by atoms with E-state index in [1.54, 1.807) is 18.0 Å². The largest absolute Gasteiger partial charge is 0.362 e. The van der Waals surface area contributed by atoms with E-state index in [2.05, 4.69) is 31.1 Å². The molecule has 1 rings (SSSR count). The fraction of sp³-hybridized carbons (Fsp3) is 0.917. The lowest BCUT2D eigenvalue weighted by molar-refractivity contribution is 0.290. The van der Waals surface area contributed by atoms with Crippen molar-refractivity contribution in [2.45, 2.75) is 45.4 Å². The van der Waals surface area contributed by atoms with E-state index in [-0.39, 0.29) is 10.7 Å². The van der Waals surface area contributed by atoms with Gasteiger partial charge in [0, 0.05) is 28.9 Å². The molecule has 3 atom stereocenters. The lowest BCUT2D eigenvalue weighted by atomic mass is 9.85. The van der Waals surface area contributed by atoms with E-state index in [1.807, 2.05) is 6.92 Å². The van der Waals surface area contributed by atoms with Crippen molar-refractivity contribution in [1.29, 1.82) is 0 Å². The maximum Gasteiger partial charge on any atom is 0.156 e. The molecule has 1 aliphatic heterocycles. The molecule has 100 valence electrons. The number of hydrogen-bond acceptors (Lipinski definition) is 3. The van der Waals surface area contributed by atoms with Gasteiger partial charge in [-0.05, 0) is 18.8 Å². The molecule has 0 saturated carbocycles. The van der Waals surface area contributed by atoms with Crippen LogP contribution >= 0.6 is 11.8 Å². The number of nitrogens with zero attached hydrogens (tertiary/aromatic N) is 1. The minimum atomic E-state index is -0.785. The Labute approximate surface area is 112 Å². The van der Waals surface area contributed by atoms with Crippen LogP contribution in [-0.4, -0.2) is 39.2 Å². The van der Waals surface area contributed by atoms with Gasteiger partial charge in [0.2, 0.25) is 0 Å². The first-order valence-electron chi connectivity index (χ1n) is 6.06. The van der Waals surface area contributed by atoms with E-state index in [9.17, 15) is 4.21 Å². The van der Waals surface area contributed by atoms with Crippen molar-refractivity contribution in [3.05, 3.63) is 0 Å². The van der Waals surface area contributed by atoms with Crippen LogP contribution in [-0.2, 0) is 10.8 Å². The van der Waals surface area contributed by atoms with Crippen molar-refractivity contribution >= 4 is 27.7 Å². The monoisotopic (exact) mass is 276 g/mol. The van der Waals surface area contributed by atoms with Crippen LogP contribution in [0.2, 0.25) is 0 Å². The fourth-order valence-corrected chi connectivity index (χ4v) is 2.82. The minimum Gasteiger partial charge on any atom is -0.362 e. The Balaban J connectivity index is 2.55. The second kappa shape index (κ2) is 6.23. The van der Waals surface area contributed by atoms with Crippen LogP contribution in [0.5, 0.6) is 0 Å². The van der Waals surface area contributed by atoms with Crippen molar-refractivity contribution in [1.82, 2.24) is 5.32 Å². The number of amidine groups is 1. The summed E-state index contributed by atoms with van der Waals surface area (Å²) < 4.78 is 11.3. The molecule has 1 N–H and O–H groups in total. The van der Waals surface area contributed by atoms with Crippen LogP contribution in [0.3, 0.4) is 0 Å². The second-order valence-corrected chi connectivity index (χ2v) is 8.54. The first-order valence-corrected chi connectivity index (χ1v) is 8.67. The molecule has 0 amide bonds. The average Bonchev–Trinajstić information content (AvgIpc) is 2.25. The van der Waals surface area contributed by atoms with E-state index < -0.39 is 10.8 Å². The highest BCUT2D eigenvalue weighted by atomic mass is 32.2. The van der Waals surface area contributed by atoms with E-state index in [1.165, 1.54) is 6.42 Å². The molecule has 0 aromatic carbocycles. The summed E-state index contributed by atoms with van der Waals surface area (Å²) in [6, 6.07) is 0.491. The molecule has 1 fully saturated rings. The second-order valence-electron chi connectivity index (χ2n) is 5.66. The normalized spacial score (nSPS) is 27.6.